The maximum Gasteiger partial charge on any atom is 0.160 e. The van der Waals surface area contributed by atoms with Crippen molar-refractivity contribution in [3.8, 4) is 0 Å². The van der Waals surface area contributed by atoms with E-state index in [1.807, 2.05) is 0 Å². The fourth-order valence-corrected chi connectivity index (χ4v) is 4.17. The van der Waals surface area contributed by atoms with Crippen molar-refractivity contribution in [1.82, 2.24) is 5.32 Å². The van der Waals surface area contributed by atoms with Gasteiger partial charge in [0.25, 0.3) is 0 Å². The zero-order chi connectivity index (χ0) is 14.3. The number of hydrogen-bond acceptors (Lipinski definition) is 1. The van der Waals surface area contributed by atoms with Crippen LogP contribution in [0.2, 0.25) is 5.02 Å². The summed E-state index contributed by atoms with van der Waals surface area (Å²) in [6.07, 6.45) is 4.85. The minimum Gasteiger partial charge on any atom is -0.310 e. The van der Waals surface area contributed by atoms with E-state index in [2.05, 4.69) is 12.2 Å². The topological polar surface area (TPSA) is 12.0 Å². The first-order valence-electron chi connectivity index (χ1n) is 7.51. The molecule has 0 radical (unpaired) electrons. The van der Waals surface area contributed by atoms with Crippen LogP contribution in [0.5, 0.6) is 0 Å². The second-order valence-corrected chi connectivity index (χ2v) is 6.46. The highest BCUT2D eigenvalue weighted by Crippen LogP contribution is 2.62. The van der Waals surface area contributed by atoms with Crippen LogP contribution >= 0.6 is 11.6 Å². The Balaban J connectivity index is 1.87. The number of halogens is 3. The Kier molecular flexibility index (Phi) is 4.00. The van der Waals surface area contributed by atoms with E-state index in [0.29, 0.717) is 10.9 Å². The summed E-state index contributed by atoms with van der Waals surface area (Å²) < 4.78 is 26.8. The van der Waals surface area contributed by atoms with Gasteiger partial charge in [-0.05, 0) is 61.3 Å². The molecule has 0 bridgehead atoms. The van der Waals surface area contributed by atoms with Gasteiger partial charge < -0.3 is 5.32 Å². The molecule has 1 N–H and O–H groups in total. The first-order valence-corrected chi connectivity index (χ1v) is 7.89. The summed E-state index contributed by atoms with van der Waals surface area (Å²) in [5, 5.41) is 3.83. The van der Waals surface area contributed by atoms with E-state index < -0.39 is 11.6 Å². The van der Waals surface area contributed by atoms with Crippen LogP contribution in [0.25, 0.3) is 0 Å². The van der Waals surface area contributed by atoms with E-state index in [4.69, 9.17) is 11.6 Å². The molecule has 20 heavy (non-hydrogen) atoms. The van der Waals surface area contributed by atoms with Gasteiger partial charge in [0.2, 0.25) is 0 Å². The third-order valence-corrected chi connectivity index (χ3v) is 5.17. The minimum absolute atomic E-state index is 0.0628. The third kappa shape index (κ3) is 2.46. The Morgan fingerprint density at radius 3 is 2.55 bits per heavy atom. The molecule has 2 aliphatic carbocycles. The van der Waals surface area contributed by atoms with E-state index in [0.717, 1.165) is 36.4 Å². The monoisotopic (exact) mass is 299 g/mol. The molecule has 4 heteroatoms. The first-order chi connectivity index (χ1) is 9.63. The highest BCUT2D eigenvalue weighted by molar-refractivity contribution is 6.31. The van der Waals surface area contributed by atoms with Gasteiger partial charge in [-0.15, -0.1) is 0 Å². The molecule has 1 aromatic rings. The summed E-state index contributed by atoms with van der Waals surface area (Å²) in [6, 6.07) is 2.44. The lowest BCUT2D eigenvalue weighted by Crippen LogP contribution is -2.26. The Hall–Kier alpha value is -0.670. The highest BCUT2D eigenvalue weighted by atomic mass is 35.5. The van der Waals surface area contributed by atoms with E-state index in [-0.39, 0.29) is 6.04 Å². The van der Waals surface area contributed by atoms with Crippen molar-refractivity contribution in [3.63, 3.8) is 0 Å². The van der Waals surface area contributed by atoms with Gasteiger partial charge in [-0.2, -0.15) is 0 Å². The third-order valence-electron chi connectivity index (χ3n) is 4.85. The van der Waals surface area contributed by atoms with Gasteiger partial charge >= 0.3 is 0 Å². The summed E-state index contributed by atoms with van der Waals surface area (Å²) in [7, 11) is 0. The van der Waals surface area contributed by atoms with Crippen molar-refractivity contribution in [1.29, 1.82) is 0 Å². The number of nitrogens with one attached hydrogen (secondary N) is 1. The first kappa shape index (κ1) is 14.3. The zero-order valence-electron chi connectivity index (χ0n) is 11.6. The van der Waals surface area contributed by atoms with Gasteiger partial charge in [0.15, 0.2) is 11.6 Å². The van der Waals surface area contributed by atoms with Crippen molar-refractivity contribution in [2.24, 2.45) is 17.8 Å². The largest absolute Gasteiger partial charge is 0.310 e. The summed E-state index contributed by atoms with van der Waals surface area (Å²) in [6.45, 7) is 2.97. The highest BCUT2D eigenvalue weighted by Gasteiger charge is 2.56. The van der Waals surface area contributed by atoms with Crippen LogP contribution in [-0.2, 0) is 0 Å². The van der Waals surface area contributed by atoms with Gasteiger partial charge in [-0.1, -0.05) is 24.9 Å². The van der Waals surface area contributed by atoms with Crippen LogP contribution in [0.1, 0.15) is 44.2 Å². The molecule has 0 amide bonds. The molecule has 2 fully saturated rings. The summed E-state index contributed by atoms with van der Waals surface area (Å²) >= 11 is 6.16. The standard InChI is InChI=1S/C16H20ClF2N/c1-2-6-20-16(15-9-4-3-5-10(9)15)11-7-13(18)14(19)8-12(11)17/h7-10,15-16,20H,2-6H2,1H3. The Labute approximate surface area is 123 Å². The lowest BCUT2D eigenvalue weighted by Gasteiger charge is -2.22. The van der Waals surface area contributed by atoms with Gasteiger partial charge in [-0.25, -0.2) is 8.78 Å². The van der Waals surface area contributed by atoms with Crippen molar-refractivity contribution in [2.75, 3.05) is 6.54 Å². The molecule has 110 valence electrons. The molecule has 0 aliphatic heterocycles. The molecule has 3 atom stereocenters. The van der Waals surface area contributed by atoms with Crippen LogP contribution in [0.4, 0.5) is 8.78 Å². The van der Waals surface area contributed by atoms with Crippen molar-refractivity contribution < 1.29 is 8.78 Å². The molecule has 3 rings (SSSR count). The molecular weight excluding hydrogens is 280 g/mol. The maximum absolute atomic E-state index is 13.6. The fraction of sp³-hybridized carbons (Fsp3) is 0.625. The zero-order valence-corrected chi connectivity index (χ0v) is 12.4. The lowest BCUT2D eigenvalue weighted by atomic mass is 9.96. The Bertz CT molecular complexity index is 495. The molecule has 0 saturated heterocycles. The number of fused-ring (bicyclic) bond motifs is 1. The summed E-state index contributed by atoms with van der Waals surface area (Å²) in [4.78, 5) is 0. The molecule has 2 aliphatic rings. The van der Waals surface area contributed by atoms with Crippen LogP contribution in [0.15, 0.2) is 12.1 Å². The average molecular weight is 300 g/mol. The second-order valence-electron chi connectivity index (χ2n) is 6.06. The van der Waals surface area contributed by atoms with Gasteiger partial charge in [0, 0.05) is 11.1 Å². The van der Waals surface area contributed by atoms with E-state index in [9.17, 15) is 8.78 Å². The van der Waals surface area contributed by atoms with Crippen LogP contribution in [-0.4, -0.2) is 6.54 Å². The van der Waals surface area contributed by atoms with E-state index in [1.165, 1.54) is 25.3 Å². The molecule has 1 aromatic carbocycles. The minimum atomic E-state index is -0.871. The quantitative estimate of drug-likeness (QED) is 0.777. The van der Waals surface area contributed by atoms with Crippen LogP contribution in [0.3, 0.4) is 0 Å². The number of benzene rings is 1. The molecule has 3 unspecified atom stereocenters. The van der Waals surface area contributed by atoms with Crippen molar-refractivity contribution in [3.05, 3.63) is 34.4 Å². The number of hydrogen-bond donors (Lipinski definition) is 1. The Morgan fingerprint density at radius 2 is 1.90 bits per heavy atom. The maximum atomic E-state index is 13.6. The molecule has 0 aromatic heterocycles. The smallest absolute Gasteiger partial charge is 0.160 e. The number of rotatable bonds is 5. The van der Waals surface area contributed by atoms with Gasteiger partial charge in [0.1, 0.15) is 0 Å². The predicted octanol–water partition coefficient (Wildman–Crippen LogP) is 4.71. The summed E-state index contributed by atoms with van der Waals surface area (Å²) in [5.74, 6) is 0.349. The van der Waals surface area contributed by atoms with E-state index >= 15 is 0 Å². The summed E-state index contributed by atoms with van der Waals surface area (Å²) in [5.41, 5.74) is 0.721. The fourth-order valence-electron chi connectivity index (χ4n) is 3.90. The Morgan fingerprint density at radius 1 is 1.25 bits per heavy atom. The molecular formula is C16H20ClF2N. The van der Waals surface area contributed by atoms with Crippen LogP contribution < -0.4 is 5.32 Å². The van der Waals surface area contributed by atoms with Crippen molar-refractivity contribution >= 4 is 11.6 Å². The molecule has 2 saturated carbocycles. The normalized spacial score (nSPS) is 29.3. The molecule has 1 nitrogen and oxygen atoms in total. The van der Waals surface area contributed by atoms with Gasteiger partial charge in [-0.3, -0.25) is 0 Å². The average Bonchev–Trinajstić information content (AvgIpc) is 2.88. The van der Waals surface area contributed by atoms with Gasteiger partial charge in [0.05, 0.1) is 0 Å². The lowest BCUT2D eigenvalue weighted by molar-refractivity contribution is 0.414. The predicted molar refractivity (Wildman–Crippen MR) is 76.7 cm³/mol. The van der Waals surface area contributed by atoms with Crippen LogP contribution in [0, 0.1) is 29.4 Å². The van der Waals surface area contributed by atoms with E-state index in [1.54, 1.807) is 0 Å². The second kappa shape index (κ2) is 5.61. The molecule has 0 heterocycles. The van der Waals surface area contributed by atoms with Crippen molar-refractivity contribution in [2.45, 2.75) is 38.6 Å². The SMILES string of the molecule is CCCNC(c1cc(F)c(F)cc1Cl)C1C2CCCC21. The molecule has 0 spiro atoms.